The second-order valence-electron chi connectivity index (χ2n) is 8.71. The number of allylic oxidation sites excluding steroid dienone is 1. The number of piperidine rings is 1. The number of rotatable bonds is 4. The predicted octanol–water partition coefficient (Wildman–Crippen LogP) is 4.70. The minimum Gasteiger partial charge on any atom is -0.361 e. The van der Waals surface area contributed by atoms with Crippen molar-refractivity contribution in [2.75, 3.05) is 31.2 Å². The van der Waals surface area contributed by atoms with Crippen molar-refractivity contribution in [3.8, 4) is 0 Å². The van der Waals surface area contributed by atoms with Gasteiger partial charge in [-0.3, -0.25) is 14.9 Å². The zero-order valence-corrected chi connectivity index (χ0v) is 19.0. The Morgan fingerprint density at radius 2 is 1.81 bits per heavy atom. The van der Waals surface area contributed by atoms with Crippen LogP contribution in [0.2, 0.25) is 0 Å². The minimum atomic E-state index is -0.370. The average Bonchev–Trinajstić information content (AvgIpc) is 3.35. The van der Waals surface area contributed by atoms with Crippen molar-refractivity contribution < 1.29 is 9.59 Å². The lowest BCUT2D eigenvalue weighted by Gasteiger charge is -2.29. The molecule has 2 aromatic rings. The first kappa shape index (κ1) is 21.0. The van der Waals surface area contributed by atoms with E-state index in [0.717, 1.165) is 36.5 Å². The summed E-state index contributed by atoms with van der Waals surface area (Å²) >= 11 is 1.80. The number of amides is 2. The molecule has 3 heterocycles. The Balaban J connectivity index is 1.38. The molecule has 3 aliphatic rings. The molecule has 2 N–H and O–H groups in total. The minimum absolute atomic E-state index is 0.342. The van der Waals surface area contributed by atoms with Crippen LogP contribution in [0.25, 0.3) is 11.1 Å². The lowest BCUT2D eigenvalue weighted by atomic mass is 9.89. The molecule has 0 aromatic heterocycles. The van der Waals surface area contributed by atoms with E-state index in [1.54, 1.807) is 18.0 Å². The third kappa shape index (κ3) is 4.25. The van der Waals surface area contributed by atoms with E-state index in [0.29, 0.717) is 22.6 Å². The Hall–Kier alpha value is -2.83. The first-order chi connectivity index (χ1) is 15.6. The van der Waals surface area contributed by atoms with Crippen LogP contribution in [0, 0.1) is 0 Å². The molecule has 0 spiro atoms. The smallest absolute Gasteiger partial charge is 0.260 e. The maximum atomic E-state index is 12.6. The van der Waals surface area contributed by atoms with E-state index < -0.39 is 0 Å². The van der Waals surface area contributed by atoms with E-state index in [1.807, 2.05) is 18.2 Å². The van der Waals surface area contributed by atoms with Crippen LogP contribution < -0.4 is 10.6 Å². The SMILES string of the molecule is CN1CCC(c2ccc(N/C=C3\C(=O)NC(=O)c4ccc(C5=CSCC5)cc43)cc2)CC1. The molecule has 0 unspecified atom stereocenters. The summed E-state index contributed by atoms with van der Waals surface area (Å²) in [5.74, 6) is 0.974. The third-order valence-corrected chi connectivity index (χ3v) is 7.49. The summed E-state index contributed by atoms with van der Waals surface area (Å²) in [6.07, 6.45) is 5.10. The molecule has 2 aromatic carbocycles. The van der Waals surface area contributed by atoms with Gasteiger partial charge in [-0.1, -0.05) is 18.2 Å². The van der Waals surface area contributed by atoms with E-state index in [9.17, 15) is 9.59 Å². The highest BCUT2D eigenvalue weighted by Crippen LogP contribution is 2.34. The zero-order valence-electron chi connectivity index (χ0n) is 18.2. The molecule has 6 heteroatoms. The Kier molecular flexibility index (Phi) is 5.89. The molecule has 5 nitrogen and oxygen atoms in total. The number of hydrogen-bond donors (Lipinski definition) is 2. The van der Waals surface area contributed by atoms with Crippen molar-refractivity contribution in [1.29, 1.82) is 0 Å². The Bertz CT molecular complexity index is 1110. The van der Waals surface area contributed by atoms with Crippen LogP contribution in [0.4, 0.5) is 5.69 Å². The summed E-state index contributed by atoms with van der Waals surface area (Å²) in [7, 11) is 2.18. The summed E-state index contributed by atoms with van der Waals surface area (Å²) in [4.78, 5) is 27.4. The molecule has 164 valence electrons. The number of hydrogen-bond acceptors (Lipinski definition) is 5. The number of nitrogens with zero attached hydrogens (tertiary/aromatic N) is 1. The molecular weight excluding hydrogens is 418 g/mol. The Morgan fingerprint density at radius 3 is 2.53 bits per heavy atom. The molecule has 0 radical (unpaired) electrons. The van der Waals surface area contributed by atoms with Crippen molar-refractivity contribution in [3.63, 3.8) is 0 Å². The number of carbonyl (C=O) groups excluding carboxylic acids is 2. The van der Waals surface area contributed by atoms with Crippen LogP contribution >= 0.6 is 11.8 Å². The maximum absolute atomic E-state index is 12.6. The fraction of sp³-hybridized carbons (Fsp3) is 0.308. The van der Waals surface area contributed by atoms with Crippen LogP contribution in [0.1, 0.15) is 52.2 Å². The average molecular weight is 446 g/mol. The van der Waals surface area contributed by atoms with Crippen molar-refractivity contribution in [3.05, 3.63) is 76.3 Å². The van der Waals surface area contributed by atoms with Crippen molar-refractivity contribution in [1.82, 2.24) is 10.2 Å². The summed E-state index contributed by atoms with van der Waals surface area (Å²) in [5, 5.41) is 7.89. The zero-order chi connectivity index (χ0) is 22.1. The van der Waals surface area contributed by atoms with Crippen LogP contribution in [0.15, 0.2) is 54.1 Å². The first-order valence-corrected chi connectivity index (χ1v) is 12.2. The number of fused-ring (bicyclic) bond motifs is 1. The van der Waals surface area contributed by atoms with Gasteiger partial charge in [-0.05, 0) is 91.7 Å². The molecule has 32 heavy (non-hydrogen) atoms. The number of nitrogens with one attached hydrogen (secondary N) is 2. The van der Waals surface area contributed by atoms with E-state index in [-0.39, 0.29) is 11.8 Å². The summed E-state index contributed by atoms with van der Waals surface area (Å²) in [6, 6.07) is 14.2. The van der Waals surface area contributed by atoms with Crippen LogP contribution in [-0.4, -0.2) is 42.6 Å². The van der Waals surface area contributed by atoms with Crippen molar-refractivity contribution >= 4 is 40.4 Å². The van der Waals surface area contributed by atoms with Crippen molar-refractivity contribution in [2.45, 2.75) is 25.2 Å². The van der Waals surface area contributed by atoms with Gasteiger partial charge >= 0.3 is 0 Å². The lowest BCUT2D eigenvalue weighted by molar-refractivity contribution is -0.114. The molecular formula is C26H27N3O2S. The van der Waals surface area contributed by atoms with Crippen LogP contribution in [0.5, 0.6) is 0 Å². The highest BCUT2D eigenvalue weighted by molar-refractivity contribution is 8.02. The van der Waals surface area contributed by atoms with Gasteiger partial charge in [0.15, 0.2) is 0 Å². The highest BCUT2D eigenvalue weighted by atomic mass is 32.2. The molecule has 0 aliphatic carbocycles. The number of anilines is 1. The van der Waals surface area contributed by atoms with Gasteiger partial charge in [0, 0.05) is 28.8 Å². The molecule has 1 fully saturated rings. The van der Waals surface area contributed by atoms with Gasteiger partial charge in [-0.15, -0.1) is 11.8 Å². The third-order valence-electron chi connectivity index (χ3n) is 6.60. The van der Waals surface area contributed by atoms with Gasteiger partial charge in [0.05, 0.1) is 5.57 Å². The second kappa shape index (κ2) is 8.96. The van der Waals surface area contributed by atoms with E-state index in [4.69, 9.17) is 0 Å². The fourth-order valence-corrected chi connectivity index (χ4v) is 5.53. The summed E-state index contributed by atoms with van der Waals surface area (Å²) in [6.45, 7) is 2.28. The van der Waals surface area contributed by atoms with E-state index >= 15 is 0 Å². The van der Waals surface area contributed by atoms with Gasteiger partial charge in [-0.25, -0.2) is 0 Å². The van der Waals surface area contributed by atoms with Crippen LogP contribution in [-0.2, 0) is 4.79 Å². The van der Waals surface area contributed by atoms with Gasteiger partial charge in [0.2, 0.25) is 0 Å². The molecule has 3 aliphatic heterocycles. The largest absolute Gasteiger partial charge is 0.361 e. The quantitative estimate of drug-likeness (QED) is 0.528. The molecule has 1 saturated heterocycles. The number of thioether (sulfide) groups is 1. The Morgan fingerprint density at radius 1 is 1.03 bits per heavy atom. The number of imide groups is 1. The number of likely N-dealkylation sites (tertiary alicyclic amines) is 1. The summed E-state index contributed by atoms with van der Waals surface area (Å²) in [5.41, 5.74) is 6.32. The van der Waals surface area contributed by atoms with Gasteiger partial charge < -0.3 is 10.2 Å². The van der Waals surface area contributed by atoms with Crippen molar-refractivity contribution in [2.24, 2.45) is 0 Å². The van der Waals surface area contributed by atoms with Gasteiger partial charge in [-0.2, -0.15) is 0 Å². The molecule has 5 rings (SSSR count). The topological polar surface area (TPSA) is 61.4 Å². The standard InChI is InChI=1S/C26H27N3O2S/c1-29-11-8-18(9-12-29)17-2-5-21(6-3-17)27-15-24-23-14-19(20-10-13-32-16-20)4-7-22(23)25(30)28-26(24)31/h2-7,14-16,18,27H,8-13H2,1H3,(H,28,30,31)/b24-15-. The second-order valence-corrected chi connectivity index (χ2v) is 9.69. The Labute approximate surface area is 193 Å². The molecule has 0 bridgehead atoms. The predicted molar refractivity (Wildman–Crippen MR) is 131 cm³/mol. The fourth-order valence-electron chi connectivity index (χ4n) is 4.62. The van der Waals surface area contributed by atoms with Gasteiger partial charge in [0.1, 0.15) is 0 Å². The normalized spacial score (nSPS) is 20.8. The molecule has 0 saturated carbocycles. The highest BCUT2D eigenvalue weighted by Gasteiger charge is 2.28. The number of carbonyl (C=O) groups is 2. The molecule has 2 amide bonds. The number of benzene rings is 2. The van der Waals surface area contributed by atoms with Gasteiger partial charge in [0.25, 0.3) is 11.8 Å². The maximum Gasteiger partial charge on any atom is 0.260 e. The molecule has 0 atom stereocenters. The van der Waals surface area contributed by atoms with E-state index in [1.165, 1.54) is 24.0 Å². The summed E-state index contributed by atoms with van der Waals surface area (Å²) < 4.78 is 0. The van der Waals surface area contributed by atoms with Crippen LogP contribution in [0.3, 0.4) is 0 Å². The first-order valence-electron chi connectivity index (χ1n) is 11.1. The lowest BCUT2D eigenvalue weighted by Crippen LogP contribution is -2.36. The monoisotopic (exact) mass is 445 g/mol. The van der Waals surface area contributed by atoms with E-state index in [2.05, 4.69) is 52.3 Å².